The highest BCUT2D eigenvalue weighted by molar-refractivity contribution is 5.87. The molecule has 0 amide bonds. The molecule has 2 atom stereocenters. The molecule has 126 valence electrons. The molecule has 2 unspecified atom stereocenters. The Kier molecular flexibility index (Phi) is 4.25. The van der Waals surface area contributed by atoms with Crippen LogP contribution in [-0.2, 0) is 6.42 Å². The van der Waals surface area contributed by atoms with Crippen LogP contribution >= 0.6 is 0 Å². The van der Waals surface area contributed by atoms with Gasteiger partial charge in [0.15, 0.2) is 5.69 Å². The van der Waals surface area contributed by atoms with Gasteiger partial charge in [-0.05, 0) is 72.5 Å². The third-order valence-electron chi connectivity index (χ3n) is 5.08. The van der Waals surface area contributed by atoms with Gasteiger partial charge < -0.3 is 10.3 Å². The number of fused-ring (bicyclic) bond motifs is 1. The van der Waals surface area contributed by atoms with Crippen molar-refractivity contribution < 1.29 is 4.39 Å². The van der Waals surface area contributed by atoms with E-state index in [4.69, 9.17) is 6.57 Å². The molecule has 0 spiro atoms. The van der Waals surface area contributed by atoms with Crippen LogP contribution < -0.4 is 5.32 Å². The first-order chi connectivity index (χ1) is 12.3. The first-order valence-corrected chi connectivity index (χ1v) is 8.69. The quantitative estimate of drug-likeness (QED) is 0.493. The van der Waals surface area contributed by atoms with Crippen LogP contribution in [0.5, 0.6) is 0 Å². The van der Waals surface area contributed by atoms with Crippen molar-refractivity contribution in [3.8, 4) is 0 Å². The summed E-state index contributed by atoms with van der Waals surface area (Å²) in [5.74, 6) is 1.05. The van der Waals surface area contributed by atoms with Crippen molar-refractivity contribution >= 4 is 16.6 Å². The zero-order chi connectivity index (χ0) is 17.2. The number of benzene rings is 2. The molecule has 2 N–H and O–H groups in total. The van der Waals surface area contributed by atoms with Crippen LogP contribution in [0.15, 0.2) is 48.7 Å². The molecule has 0 saturated heterocycles. The molecule has 0 aliphatic heterocycles. The summed E-state index contributed by atoms with van der Waals surface area (Å²) in [7, 11) is 0. The van der Waals surface area contributed by atoms with Gasteiger partial charge in [-0.25, -0.2) is 9.24 Å². The summed E-state index contributed by atoms with van der Waals surface area (Å²) in [4.78, 5) is 6.84. The predicted molar refractivity (Wildman–Crippen MR) is 98.4 cm³/mol. The summed E-state index contributed by atoms with van der Waals surface area (Å²) in [5.41, 5.74) is 3.88. The molecule has 4 heteroatoms. The van der Waals surface area contributed by atoms with Gasteiger partial charge in [0.05, 0.1) is 6.57 Å². The number of aromatic nitrogens is 1. The fourth-order valence-electron chi connectivity index (χ4n) is 3.57. The van der Waals surface area contributed by atoms with Gasteiger partial charge in [-0.2, -0.15) is 0 Å². The number of halogens is 1. The van der Waals surface area contributed by atoms with Gasteiger partial charge in [0.1, 0.15) is 5.82 Å². The lowest BCUT2D eigenvalue weighted by Gasteiger charge is -2.05. The first-order valence-electron chi connectivity index (χ1n) is 8.69. The molecule has 3 aromatic rings. The normalized spacial score (nSPS) is 19.0. The summed E-state index contributed by atoms with van der Waals surface area (Å²) in [6.45, 7) is 8.93. The second-order valence-corrected chi connectivity index (χ2v) is 6.73. The summed E-state index contributed by atoms with van der Waals surface area (Å²) in [6.07, 6.45) is 3.97. The zero-order valence-corrected chi connectivity index (χ0v) is 13.9. The second kappa shape index (κ2) is 6.70. The SMILES string of the molecule is [C-]#[N+]c1ccc2[nH]cc(C3CC3CNCCc3ccccc3F)c2c1. The van der Waals surface area contributed by atoms with E-state index in [1.165, 1.54) is 23.4 Å². The average Bonchev–Trinajstić information content (AvgIpc) is 3.28. The van der Waals surface area contributed by atoms with E-state index >= 15 is 0 Å². The highest BCUT2D eigenvalue weighted by Crippen LogP contribution is 2.49. The maximum atomic E-state index is 13.6. The molecule has 0 bridgehead atoms. The van der Waals surface area contributed by atoms with Gasteiger partial charge in [-0.1, -0.05) is 24.3 Å². The fraction of sp³-hybridized carbons (Fsp3) is 0.286. The molecule has 1 heterocycles. The molecule has 1 fully saturated rings. The molecule has 1 aliphatic rings. The van der Waals surface area contributed by atoms with E-state index in [2.05, 4.69) is 21.3 Å². The van der Waals surface area contributed by atoms with E-state index in [1.54, 1.807) is 6.07 Å². The van der Waals surface area contributed by atoms with Crippen LogP contribution in [0.2, 0.25) is 0 Å². The number of rotatable bonds is 6. The molecular weight excluding hydrogens is 313 g/mol. The fourth-order valence-corrected chi connectivity index (χ4v) is 3.57. The van der Waals surface area contributed by atoms with Crippen molar-refractivity contribution in [2.24, 2.45) is 5.92 Å². The molecule has 1 aliphatic carbocycles. The molecule has 25 heavy (non-hydrogen) atoms. The minimum absolute atomic E-state index is 0.122. The first kappa shape index (κ1) is 15.9. The Labute approximate surface area is 146 Å². The van der Waals surface area contributed by atoms with Crippen LogP contribution in [0.4, 0.5) is 10.1 Å². The number of hydrogen-bond acceptors (Lipinski definition) is 1. The van der Waals surface area contributed by atoms with Gasteiger partial charge in [0, 0.05) is 11.7 Å². The number of nitrogens with zero attached hydrogens (tertiary/aromatic N) is 1. The third kappa shape index (κ3) is 3.29. The van der Waals surface area contributed by atoms with Crippen molar-refractivity contribution in [3.63, 3.8) is 0 Å². The van der Waals surface area contributed by atoms with E-state index in [0.29, 0.717) is 23.9 Å². The lowest BCUT2D eigenvalue weighted by atomic mass is 10.1. The minimum atomic E-state index is -0.122. The van der Waals surface area contributed by atoms with Crippen molar-refractivity contribution in [2.45, 2.75) is 18.8 Å². The Morgan fingerprint density at radius 2 is 2.12 bits per heavy atom. The van der Waals surface area contributed by atoms with E-state index in [9.17, 15) is 4.39 Å². The van der Waals surface area contributed by atoms with Crippen LogP contribution in [0, 0.1) is 18.3 Å². The summed E-state index contributed by atoms with van der Waals surface area (Å²) >= 11 is 0. The van der Waals surface area contributed by atoms with Crippen molar-refractivity contribution in [2.75, 3.05) is 13.1 Å². The Morgan fingerprint density at radius 3 is 2.96 bits per heavy atom. The van der Waals surface area contributed by atoms with E-state index in [1.807, 2.05) is 30.3 Å². The molecule has 1 aromatic heterocycles. The number of hydrogen-bond donors (Lipinski definition) is 2. The zero-order valence-electron chi connectivity index (χ0n) is 13.9. The van der Waals surface area contributed by atoms with E-state index in [0.717, 1.165) is 24.2 Å². The minimum Gasteiger partial charge on any atom is -0.361 e. The monoisotopic (exact) mass is 333 g/mol. The van der Waals surface area contributed by atoms with Gasteiger partial charge in [0.25, 0.3) is 0 Å². The standard InChI is InChI=1S/C21H20FN3/c1-23-16-6-7-21-18(11-16)19(13-25-21)17-10-15(17)12-24-9-8-14-4-2-3-5-20(14)22/h2-7,11,13,15,17,24-25H,8-10,12H2. The maximum Gasteiger partial charge on any atom is 0.187 e. The van der Waals surface area contributed by atoms with Gasteiger partial charge >= 0.3 is 0 Å². The summed E-state index contributed by atoms with van der Waals surface area (Å²) in [6, 6.07) is 12.8. The highest BCUT2D eigenvalue weighted by Gasteiger charge is 2.39. The van der Waals surface area contributed by atoms with Crippen molar-refractivity contribution in [1.29, 1.82) is 0 Å². The van der Waals surface area contributed by atoms with Crippen molar-refractivity contribution in [3.05, 3.63) is 77.0 Å². The topological polar surface area (TPSA) is 32.2 Å². The summed E-state index contributed by atoms with van der Waals surface area (Å²) < 4.78 is 13.6. The summed E-state index contributed by atoms with van der Waals surface area (Å²) in [5, 5.41) is 4.63. The average molecular weight is 333 g/mol. The number of H-pyrrole nitrogens is 1. The second-order valence-electron chi connectivity index (χ2n) is 6.73. The van der Waals surface area contributed by atoms with E-state index < -0.39 is 0 Å². The highest BCUT2D eigenvalue weighted by atomic mass is 19.1. The van der Waals surface area contributed by atoms with Crippen LogP contribution in [-0.4, -0.2) is 18.1 Å². The Bertz CT molecular complexity index is 938. The lowest BCUT2D eigenvalue weighted by Crippen LogP contribution is -2.20. The van der Waals surface area contributed by atoms with Gasteiger partial charge in [-0.15, -0.1) is 0 Å². The van der Waals surface area contributed by atoms with Gasteiger partial charge in [0.2, 0.25) is 0 Å². The molecular formula is C21H20FN3. The van der Waals surface area contributed by atoms with Crippen LogP contribution in [0.3, 0.4) is 0 Å². The molecule has 2 aromatic carbocycles. The molecule has 3 nitrogen and oxygen atoms in total. The number of nitrogens with one attached hydrogen (secondary N) is 2. The lowest BCUT2D eigenvalue weighted by molar-refractivity contribution is 0.588. The van der Waals surface area contributed by atoms with E-state index in [-0.39, 0.29) is 5.82 Å². The Morgan fingerprint density at radius 1 is 1.24 bits per heavy atom. The largest absolute Gasteiger partial charge is 0.361 e. The number of aromatic amines is 1. The van der Waals surface area contributed by atoms with Gasteiger partial charge in [-0.3, -0.25) is 0 Å². The molecule has 1 saturated carbocycles. The molecule has 0 radical (unpaired) electrons. The molecule has 4 rings (SSSR count). The Balaban J connectivity index is 1.33. The maximum absolute atomic E-state index is 13.6. The third-order valence-corrected chi connectivity index (χ3v) is 5.08. The smallest absolute Gasteiger partial charge is 0.187 e. The van der Waals surface area contributed by atoms with Crippen LogP contribution in [0.1, 0.15) is 23.5 Å². The Hall–Kier alpha value is -2.64. The van der Waals surface area contributed by atoms with Crippen LogP contribution in [0.25, 0.3) is 15.7 Å². The van der Waals surface area contributed by atoms with Crippen molar-refractivity contribution in [1.82, 2.24) is 10.3 Å². The predicted octanol–water partition coefficient (Wildman–Crippen LogP) is 4.79.